The molecule has 5 saturated heterocycles. The number of aliphatic hydroxyl groups is 13. The summed E-state index contributed by atoms with van der Waals surface area (Å²) in [6.45, 7) is 17.4. The second kappa shape index (κ2) is 26.0. The van der Waals surface area contributed by atoms with E-state index in [0.717, 1.165) is 18.4 Å². The Morgan fingerprint density at radius 3 is 1.61 bits per heavy atom. The predicted molar refractivity (Wildman–Crippen MR) is 290 cm³/mol. The van der Waals surface area contributed by atoms with Crippen LogP contribution in [0.4, 0.5) is 0 Å². The van der Waals surface area contributed by atoms with Crippen molar-refractivity contribution >= 4 is 10.4 Å². The van der Waals surface area contributed by atoms with Gasteiger partial charge in [-0.1, -0.05) is 52.2 Å². The van der Waals surface area contributed by atoms with Gasteiger partial charge in [0.25, 0.3) is 0 Å². The van der Waals surface area contributed by atoms with Crippen molar-refractivity contribution in [3.8, 4) is 0 Å². The summed E-state index contributed by atoms with van der Waals surface area (Å²) in [6.07, 6.45) is -37.1. The Hall–Kier alpha value is -1.31. The maximum Gasteiger partial charge on any atom is 0.397 e. The molecule has 85 heavy (non-hydrogen) atoms. The van der Waals surface area contributed by atoms with Gasteiger partial charge in [0.05, 0.1) is 54.4 Å². The van der Waals surface area contributed by atoms with Crippen LogP contribution in [0.2, 0.25) is 0 Å². The van der Waals surface area contributed by atoms with Crippen molar-refractivity contribution in [3.63, 3.8) is 0 Å². The Morgan fingerprint density at radius 1 is 0.576 bits per heavy atom. The van der Waals surface area contributed by atoms with E-state index in [9.17, 15) is 79.4 Å². The Morgan fingerprint density at radius 2 is 1.06 bits per heavy atom. The second-order valence-electron chi connectivity index (χ2n) is 27.2. The Bertz CT molecular complexity index is 2390. The minimum Gasteiger partial charge on any atom is -0.393 e. The molecule has 28 heteroatoms. The van der Waals surface area contributed by atoms with E-state index in [1.807, 2.05) is 6.92 Å². The predicted octanol–water partition coefficient (Wildman–Crippen LogP) is -1.47. The van der Waals surface area contributed by atoms with Gasteiger partial charge in [-0.2, -0.15) is 8.42 Å². The molecule has 27 nitrogen and oxygen atoms in total. The van der Waals surface area contributed by atoms with Gasteiger partial charge in [0.15, 0.2) is 31.5 Å². The zero-order valence-corrected chi connectivity index (χ0v) is 50.8. The van der Waals surface area contributed by atoms with Gasteiger partial charge >= 0.3 is 10.4 Å². The molecule has 9 aliphatic rings. The van der Waals surface area contributed by atoms with Gasteiger partial charge in [0, 0.05) is 5.92 Å². The van der Waals surface area contributed by atoms with Gasteiger partial charge in [0.2, 0.25) is 0 Å². The zero-order valence-electron chi connectivity index (χ0n) is 50.0. The zero-order chi connectivity index (χ0) is 62.5. The van der Waals surface area contributed by atoms with E-state index >= 15 is 0 Å². The van der Waals surface area contributed by atoms with Crippen molar-refractivity contribution in [2.24, 2.45) is 40.4 Å². The summed E-state index contributed by atoms with van der Waals surface area (Å²) in [7, 11) is -4.88. The van der Waals surface area contributed by atoms with E-state index < -0.39 is 211 Å². The first-order valence-electron chi connectivity index (χ1n) is 30.4. The average Bonchev–Trinajstić information content (AvgIpc) is 1.74. The molecule has 0 amide bonds. The molecule has 0 radical (unpaired) electrons. The molecule has 0 unspecified atom stereocenters. The van der Waals surface area contributed by atoms with Gasteiger partial charge in [-0.25, -0.2) is 4.18 Å². The summed E-state index contributed by atoms with van der Waals surface area (Å²) in [6, 6.07) is 0. The lowest BCUT2D eigenvalue weighted by Crippen LogP contribution is -2.68. The third-order valence-corrected chi connectivity index (χ3v) is 21.3. The molecule has 8 fully saturated rings. The molecule has 0 spiro atoms. The maximum absolute atomic E-state index is 12.5. The number of fused-ring (bicyclic) bond motifs is 5. The highest BCUT2D eigenvalue weighted by molar-refractivity contribution is 7.80. The van der Waals surface area contributed by atoms with Crippen molar-refractivity contribution in [2.75, 3.05) is 0 Å². The van der Waals surface area contributed by atoms with E-state index in [2.05, 4.69) is 33.8 Å². The van der Waals surface area contributed by atoms with Crippen LogP contribution in [0.3, 0.4) is 0 Å². The third-order valence-electron chi connectivity index (χ3n) is 20.8. The van der Waals surface area contributed by atoms with Gasteiger partial charge < -0.3 is 114 Å². The van der Waals surface area contributed by atoms with E-state index in [1.54, 1.807) is 0 Å². The van der Waals surface area contributed by atoms with Crippen LogP contribution in [0.25, 0.3) is 0 Å². The first-order chi connectivity index (χ1) is 39.6. The van der Waals surface area contributed by atoms with Crippen LogP contribution in [0.15, 0.2) is 11.6 Å². The number of allylic oxidation sites excluding steroid dienone is 2. The molecule has 14 N–H and O–H groups in total. The number of aliphatic hydroxyl groups excluding tert-OH is 12. The van der Waals surface area contributed by atoms with E-state index in [4.69, 9.17) is 51.6 Å². The molecule has 4 aliphatic carbocycles. The highest BCUT2D eigenvalue weighted by atomic mass is 32.3. The smallest absolute Gasteiger partial charge is 0.393 e. The van der Waals surface area contributed by atoms with Crippen LogP contribution < -0.4 is 0 Å². The summed E-state index contributed by atoms with van der Waals surface area (Å²) in [4.78, 5) is 0. The van der Waals surface area contributed by atoms with Crippen LogP contribution in [-0.4, -0.2) is 257 Å². The minimum atomic E-state index is -4.88. The first kappa shape index (κ1) is 68.1. The van der Waals surface area contributed by atoms with Crippen LogP contribution >= 0.6 is 0 Å². The fourth-order valence-corrected chi connectivity index (χ4v) is 16.6. The SMILES string of the molecule is CC(C)CCC[C@](C)(O)[C@H]1[C@@H](O)C[C@H]2[C@@H]3C[C@H](O[C@@H]4O[C@H](C)[C@@H](O)[C@H](O[C@@H]5O[C@H](C)[C@@H](O[C@@H]6O[C@H](C)[C@@H](O)[C@H](O)[C@H]6O[C@@H]6O[C@H](C)[C@H](O)[C@H](O)[C@H]6O)[C@H](O)[C@H]5O[C@@H]5O[C@H](C)[C@@H](O)[C@H](O)[C@H]5O)[C@H]4O)[C@H]4C[C@@H](OS(=O)(=O)O)CC[C@]4(C)C3=CC[C@@]21C. The van der Waals surface area contributed by atoms with Gasteiger partial charge in [-0.3, -0.25) is 4.55 Å². The number of hydrogen-bond donors (Lipinski definition) is 14. The van der Waals surface area contributed by atoms with Gasteiger partial charge in [-0.15, -0.1) is 0 Å². The lowest BCUT2D eigenvalue weighted by molar-refractivity contribution is -0.406. The summed E-state index contributed by atoms with van der Waals surface area (Å²) < 4.78 is 101. The van der Waals surface area contributed by atoms with E-state index in [1.165, 1.54) is 34.6 Å². The Kier molecular flexibility index (Phi) is 20.8. The van der Waals surface area contributed by atoms with Crippen molar-refractivity contribution in [1.82, 2.24) is 0 Å². The fraction of sp³-hybridized carbons (Fsp3) is 0.965. The van der Waals surface area contributed by atoms with Crippen LogP contribution in [0.5, 0.6) is 0 Å². The first-order valence-corrected chi connectivity index (χ1v) is 31.7. The number of hydrogen-bond acceptors (Lipinski definition) is 26. The molecule has 35 atom stereocenters. The van der Waals surface area contributed by atoms with Crippen LogP contribution in [0, 0.1) is 40.4 Å². The monoisotopic (exact) mass is 1240 g/mol. The molecule has 0 aromatic rings. The maximum atomic E-state index is 12.5. The molecule has 3 saturated carbocycles. The van der Waals surface area contributed by atoms with E-state index in [-0.39, 0.29) is 31.1 Å². The molecular formula is C57H96O27S. The van der Waals surface area contributed by atoms with Crippen molar-refractivity contribution in [1.29, 1.82) is 0 Å². The second-order valence-corrected chi connectivity index (χ2v) is 28.3. The lowest BCUT2D eigenvalue weighted by atomic mass is 9.47. The Labute approximate surface area is 496 Å². The molecular weight excluding hydrogens is 1150 g/mol. The normalized spacial score (nSPS) is 53.1. The molecule has 5 heterocycles. The molecule has 492 valence electrons. The van der Waals surface area contributed by atoms with Crippen LogP contribution in [0.1, 0.15) is 127 Å². The number of rotatable bonds is 17. The van der Waals surface area contributed by atoms with Crippen molar-refractivity contribution < 1.29 is 131 Å². The lowest BCUT2D eigenvalue weighted by Gasteiger charge is -2.60. The standard InChI is InChI=1S/C57H96O27S/c1-21(2)12-11-15-57(10,70)49-32(58)20-30-28-19-33(31-18-27(84-85(71,72)73)13-16-55(31,8)29(28)14-17-56(30,49)9)79-52-44(69)46(37(62)25(6)76-52)81-54-48(83-51-42(67)39(64)35(60)23(4)75-51)43(68)45(26(7)78-54)80-53-47(40(65)36(61)24(5)77-53)82-50-41(66)38(63)34(59)22(3)74-50/h14,21-28,30-54,58-70H,11-13,15-20H2,1-10H3,(H,71,72,73)/t22-,23-,24-,25-,26-,27+,28-,30+,31-,32+,33+,34+,35-,36-,37-,38+,39+,40+,41-,42-,43+,44-,45-,46+,47-,48-,49+,50+,51+,52+,53+,54+,55-,56+,57+/m1/s1. The highest BCUT2D eigenvalue weighted by Gasteiger charge is 2.66. The van der Waals surface area contributed by atoms with Gasteiger partial charge in [-0.05, 0) is 121 Å². The fourth-order valence-electron chi connectivity index (χ4n) is 16.1. The average molecular weight is 1250 g/mol. The summed E-state index contributed by atoms with van der Waals surface area (Å²) in [5, 5.41) is 148. The molecule has 5 aliphatic heterocycles. The molecule has 9 rings (SSSR count). The minimum absolute atomic E-state index is 0.0943. The third kappa shape index (κ3) is 13.4. The van der Waals surface area contributed by atoms with Crippen LogP contribution in [-0.2, 0) is 62.0 Å². The summed E-state index contributed by atoms with van der Waals surface area (Å²) in [5.74, 6) is -0.937. The quantitative estimate of drug-likeness (QED) is 0.0584. The summed E-state index contributed by atoms with van der Waals surface area (Å²) in [5.41, 5.74) is -1.32. The molecule has 0 aromatic carbocycles. The largest absolute Gasteiger partial charge is 0.397 e. The Balaban J connectivity index is 0.995. The van der Waals surface area contributed by atoms with Gasteiger partial charge in [0.1, 0.15) is 91.6 Å². The topological polar surface area (TPSA) is 419 Å². The summed E-state index contributed by atoms with van der Waals surface area (Å²) >= 11 is 0. The van der Waals surface area contributed by atoms with Crippen molar-refractivity contribution in [2.45, 2.75) is 304 Å². The number of ether oxygens (including phenoxy) is 10. The highest BCUT2D eigenvalue weighted by Crippen LogP contribution is 2.67. The molecule has 0 bridgehead atoms. The van der Waals surface area contributed by atoms with Crippen molar-refractivity contribution in [3.05, 3.63) is 11.6 Å². The molecule has 0 aromatic heterocycles. The van der Waals surface area contributed by atoms with E-state index in [0.29, 0.717) is 31.6 Å².